The van der Waals surface area contributed by atoms with Gasteiger partial charge in [-0.3, -0.25) is 0 Å². The van der Waals surface area contributed by atoms with E-state index in [2.05, 4.69) is 45.8 Å². The molecule has 0 aliphatic rings. The summed E-state index contributed by atoms with van der Waals surface area (Å²) in [7, 11) is 0. The second kappa shape index (κ2) is 5.76. The van der Waals surface area contributed by atoms with Gasteiger partial charge in [0.1, 0.15) is 0 Å². The van der Waals surface area contributed by atoms with Crippen molar-refractivity contribution in [3.63, 3.8) is 0 Å². The normalized spacial score (nSPS) is 12.3. The minimum Gasteiger partial charge on any atom is -0.319 e. The lowest BCUT2D eigenvalue weighted by molar-refractivity contribution is 0.793. The number of benzene rings is 2. The summed E-state index contributed by atoms with van der Waals surface area (Å²) in [5.74, 6) is 0. The van der Waals surface area contributed by atoms with Crippen molar-refractivity contribution < 1.29 is 0 Å². The number of aromatic nitrogens is 2. The first-order chi connectivity index (χ1) is 9.75. The molecule has 0 bridgehead atoms. The molecule has 1 heterocycles. The van der Waals surface area contributed by atoms with Gasteiger partial charge in [-0.2, -0.15) is 0 Å². The Morgan fingerprint density at radius 3 is 2.60 bits per heavy atom. The molecule has 3 nitrogen and oxygen atoms in total. The van der Waals surface area contributed by atoms with Crippen molar-refractivity contribution >= 4 is 22.6 Å². The summed E-state index contributed by atoms with van der Waals surface area (Å²) in [6, 6.07) is 18.2. The van der Waals surface area contributed by atoms with E-state index >= 15 is 0 Å². The van der Waals surface area contributed by atoms with Gasteiger partial charge in [-0.15, -0.1) is 0 Å². The van der Waals surface area contributed by atoms with E-state index in [1.807, 2.05) is 53.5 Å². The number of rotatable bonds is 3. The van der Waals surface area contributed by atoms with Gasteiger partial charge in [0.15, 0.2) is 0 Å². The first-order valence-corrected chi connectivity index (χ1v) is 7.42. The van der Waals surface area contributed by atoms with Gasteiger partial charge in [0.05, 0.1) is 24.3 Å². The molecule has 2 N–H and O–H groups in total. The zero-order valence-corrected chi connectivity index (χ0v) is 12.9. The summed E-state index contributed by atoms with van der Waals surface area (Å²) in [4.78, 5) is 4.26. The number of nitrogens with two attached hydrogens (primary N) is 1. The summed E-state index contributed by atoms with van der Waals surface area (Å²) < 4.78 is 3.23. The standard InChI is InChI=1S/C16H14IN3/c17-13-7-4-8-14(9-13)20-11-19-10-15(20)16(18)12-5-2-1-3-6-12/h1-11,16H,18H2. The van der Waals surface area contributed by atoms with Gasteiger partial charge < -0.3 is 10.3 Å². The van der Waals surface area contributed by atoms with Gasteiger partial charge in [0, 0.05) is 9.26 Å². The molecule has 20 heavy (non-hydrogen) atoms. The van der Waals surface area contributed by atoms with Gasteiger partial charge in [-0.25, -0.2) is 4.98 Å². The maximum absolute atomic E-state index is 6.37. The molecule has 0 spiro atoms. The van der Waals surface area contributed by atoms with Gasteiger partial charge in [-0.05, 0) is 46.4 Å². The summed E-state index contributed by atoms with van der Waals surface area (Å²) in [5, 5.41) is 0. The van der Waals surface area contributed by atoms with E-state index in [-0.39, 0.29) is 6.04 Å². The summed E-state index contributed by atoms with van der Waals surface area (Å²) in [5.41, 5.74) is 9.52. The van der Waals surface area contributed by atoms with Crippen LogP contribution in [0.15, 0.2) is 67.1 Å². The highest BCUT2D eigenvalue weighted by Gasteiger charge is 2.14. The lowest BCUT2D eigenvalue weighted by atomic mass is 10.1. The Morgan fingerprint density at radius 1 is 1.05 bits per heavy atom. The van der Waals surface area contributed by atoms with E-state index in [0.717, 1.165) is 16.9 Å². The van der Waals surface area contributed by atoms with Crippen LogP contribution in [0.3, 0.4) is 0 Å². The Kier molecular flexibility index (Phi) is 3.84. The Bertz CT molecular complexity index is 707. The minimum absolute atomic E-state index is 0.184. The maximum Gasteiger partial charge on any atom is 0.0994 e. The third-order valence-corrected chi connectivity index (χ3v) is 3.90. The largest absolute Gasteiger partial charge is 0.319 e. The maximum atomic E-state index is 6.37. The molecule has 1 aromatic heterocycles. The molecule has 1 atom stereocenters. The summed E-state index contributed by atoms with van der Waals surface area (Å²) >= 11 is 2.31. The van der Waals surface area contributed by atoms with E-state index in [4.69, 9.17) is 5.73 Å². The molecule has 0 fully saturated rings. The molecule has 0 saturated heterocycles. The van der Waals surface area contributed by atoms with Gasteiger partial charge in [0.25, 0.3) is 0 Å². The van der Waals surface area contributed by atoms with Gasteiger partial charge >= 0.3 is 0 Å². The average molecular weight is 375 g/mol. The van der Waals surface area contributed by atoms with Crippen LogP contribution in [0.1, 0.15) is 17.3 Å². The van der Waals surface area contributed by atoms with Crippen LogP contribution in [0.25, 0.3) is 5.69 Å². The number of hydrogen-bond donors (Lipinski definition) is 1. The van der Waals surface area contributed by atoms with Gasteiger partial charge in [-0.1, -0.05) is 36.4 Å². The third kappa shape index (κ3) is 2.62. The topological polar surface area (TPSA) is 43.8 Å². The van der Waals surface area contributed by atoms with Crippen LogP contribution in [-0.4, -0.2) is 9.55 Å². The molecule has 100 valence electrons. The summed E-state index contributed by atoms with van der Waals surface area (Å²) in [6.45, 7) is 0. The molecule has 0 saturated carbocycles. The van der Waals surface area contributed by atoms with Crippen LogP contribution in [0.2, 0.25) is 0 Å². The highest BCUT2D eigenvalue weighted by atomic mass is 127. The highest BCUT2D eigenvalue weighted by Crippen LogP contribution is 2.22. The van der Waals surface area contributed by atoms with Crippen molar-refractivity contribution in [1.29, 1.82) is 0 Å². The van der Waals surface area contributed by atoms with E-state index in [0.29, 0.717) is 0 Å². The first kappa shape index (κ1) is 13.3. The molecule has 0 radical (unpaired) electrons. The Hall–Kier alpha value is -1.66. The molecular weight excluding hydrogens is 361 g/mol. The lowest BCUT2D eigenvalue weighted by Crippen LogP contribution is -2.15. The second-order valence-corrected chi connectivity index (χ2v) is 5.80. The fourth-order valence-corrected chi connectivity index (χ4v) is 2.73. The summed E-state index contributed by atoms with van der Waals surface area (Å²) in [6.07, 6.45) is 3.64. The van der Waals surface area contributed by atoms with Crippen LogP contribution in [0, 0.1) is 3.57 Å². The fraction of sp³-hybridized carbons (Fsp3) is 0.0625. The highest BCUT2D eigenvalue weighted by molar-refractivity contribution is 14.1. The number of halogens is 1. The molecule has 3 aromatic rings. The van der Waals surface area contributed by atoms with Crippen LogP contribution < -0.4 is 5.73 Å². The Morgan fingerprint density at radius 2 is 1.85 bits per heavy atom. The predicted octanol–water partition coefficient (Wildman–Crippen LogP) is 3.53. The van der Waals surface area contributed by atoms with Crippen molar-refractivity contribution in [2.24, 2.45) is 5.73 Å². The predicted molar refractivity (Wildman–Crippen MR) is 88.8 cm³/mol. The molecule has 3 rings (SSSR count). The minimum atomic E-state index is -0.184. The fourth-order valence-electron chi connectivity index (χ4n) is 2.21. The Labute approximate surface area is 131 Å². The van der Waals surface area contributed by atoms with Crippen molar-refractivity contribution in [1.82, 2.24) is 9.55 Å². The van der Waals surface area contributed by atoms with Crippen LogP contribution in [-0.2, 0) is 0 Å². The van der Waals surface area contributed by atoms with Crippen LogP contribution in [0.5, 0.6) is 0 Å². The van der Waals surface area contributed by atoms with E-state index in [1.165, 1.54) is 3.57 Å². The number of imidazole rings is 1. The second-order valence-electron chi connectivity index (χ2n) is 4.56. The zero-order chi connectivity index (χ0) is 13.9. The third-order valence-electron chi connectivity index (χ3n) is 3.23. The molecule has 0 aliphatic carbocycles. The SMILES string of the molecule is NC(c1ccccc1)c1cncn1-c1cccc(I)c1. The molecule has 4 heteroatoms. The smallest absolute Gasteiger partial charge is 0.0994 e. The molecule has 2 aromatic carbocycles. The molecule has 0 aliphatic heterocycles. The van der Waals surface area contributed by atoms with E-state index in [9.17, 15) is 0 Å². The average Bonchev–Trinajstić information content (AvgIpc) is 2.97. The zero-order valence-electron chi connectivity index (χ0n) is 10.8. The van der Waals surface area contributed by atoms with E-state index in [1.54, 1.807) is 0 Å². The Balaban J connectivity index is 2.03. The van der Waals surface area contributed by atoms with Gasteiger partial charge in [0.2, 0.25) is 0 Å². The van der Waals surface area contributed by atoms with Crippen molar-refractivity contribution in [2.75, 3.05) is 0 Å². The number of nitrogens with zero attached hydrogens (tertiary/aromatic N) is 2. The van der Waals surface area contributed by atoms with E-state index < -0.39 is 0 Å². The van der Waals surface area contributed by atoms with Crippen molar-refractivity contribution in [3.05, 3.63) is 81.9 Å². The molecule has 1 unspecified atom stereocenters. The number of hydrogen-bond acceptors (Lipinski definition) is 2. The quantitative estimate of drug-likeness (QED) is 0.712. The van der Waals surface area contributed by atoms with Crippen LogP contribution >= 0.6 is 22.6 Å². The molecular formula is C16H14IN3. The lowest BCUT2D eigenvalue weighted by Gasteiger charge is -2.15. The van der Waals surface area contributed by atoms with Crippen LogP contribution in [0.4, 0.5) is 0 Å². The first-order valence-electron chi connectivity index (χ1n) is 6.34. The van der Waals surface area contributed by atoms with Crippen molar-refractivity contribution in [3.8, 4) is 5.69 Å². The monoisotopic (exact) mass is 375 g/mol. The molecule has 0 amide bonds. The van der Waals surface area contributed by atoms with Crippen molar-refractivity contribution in [2.45, 2.75) is 6.04 Å².